The fraction of sp³-hybridized carbons (Fsp3) is 0.200. The minimum Gasteiger partial charge on any atom is -0.469 e. The third-order valence-electron chi connectivity index (χ3n) is 6.47. The van der Waals surface area contributed by atoms with E-state index in [0.29, 0.717) is 6.42 Å². The van der Waals surface area contributed by atoms with Crippen molar-refractivity contribution in [2.24, 2.45) is 5.92 Å². The van der Waals surface area contributed by atoms with Crippen molar-refractivity contribution in [2.45, 2.75) is 16.0 Å². The lowest BCUT2D eigenvalue weighted by Gasteiger charge is -2.34. The minimum absolute atomic E-state index is 0.178. The molecule has 1 fully saturated rings. The average molecular weight is 413 g/mol. The van der Waals surface area contributed by atoms with Gasteiger partial charge in [0.1, 0.15) is 15.4 Å². The highest BCUT2D eigenvalue weighted by Gasteiger charge is 2.69. The molecule has 148 valence electrons. The molecule has 3 aromatic carbocycles. The normalized spacial score (nSPS) is 26.6. The van der Waals surface area contributed by atoms with Gasteiger partial charge in [-0.3, -0.25) is 4.79 Å². The van der Waals surface area contributed by atoms with Gasteiger partial charge in [-0.05, 0) is 23.3 Å². The van der Waals surface area contributed by atoms with Gasteiger partial charge in [0, 0.05) is 6.42 Å². The molecule has 0 unspecified atom stereocenters. The molecule has 2 aliphatic rings. The second-order valence-electron chi connectivity index (χ2n) is 7.89. The first-order valence-corrected chi connectivity index (χ1v) is 10.9. The second kappa shape index (κ2) is 6.22. The number of carbonyl (C=O) groups is 1. The monoisotopic (exact) mass is 412 g/mol. The molecule has 30 heavy (non-hydrogen) atoms. The summed E-state index contributed by atoms with van der Waals surface area (Å²) in [4.78, 5) is 17.8. The van der Waals surface area contributed by atoms with Gasteiger partial charge in [-0.25, -0.2) is 4.98 Å². The highest BCUT2D eigenvalue weighted by Crippen LogP contribution is 2.72. The van der Waals surface area contributed by atoms with Crippen molar-refractivity contribution >= 4 is 28.8 Å². The van der Waals surface area contributed by atoms with Gasteiger partial charge in [0.05, 0.1) is 24.1 Å². The molecule has 2 bridgehead atoms. The number of rotatable bonds is 3. The molecule has 6 rings (SSSR count). The predicted molar refractivity (Wildman–Crippen MR) is 118 cm³/mol. The maximum atomic E-state index is 13.1. The SMILES string of the molecule is COC(=O)[C@H]1C[C@@]2(c3ccccc3)S[C@@]1(c1ccccc1)c1nc3ccccc3n12. The van der Waals surface area contributed by atoms with E-state index in [1.165, 1.54) is 12.7 Å². The van der Waals surface area contributed by atoms with Gasteiger partial charge in [-0.1, -0.05) is 72.8 Å². The third-order valence-corrected chi connectivity index (χ3v) is 8.42. The molecule has 2 aliphatic heterocycles. The van der Waals surface area contributed by atoms with Crippen LogP contribution < -0.4 is 0 Å². The number of esters is 1. The average Bonchev–Trinajstić information content (AvgIpc) is 3.46. The maximum Gasteiger partial charge on any atom is 0.311 e. The highest BCUT2D eigenvalue weighted by atomic mass is 32.2. The molecule has 0 amide bonds. The summed E-state index contributed by atoms with van der Waals surface area (Å²) in [5.74, 6) is 0.437. The second-order valence-corrected chi connectivity index (χ2v) is 9.42. The van der Waals surface area contributed by atoms with Crippen LogP contribution in [0.25, 0.3) is 11.0 Å². The van der Waals surface area contributed by atoms with Gasteiger partial charge in [-0.15, -0.1) is 11.8 Å². The van der Waals surface area contributed by atoms with Gasteiger partial charge >= 0.3 is 5.97 Å². The lowest BCUT2D eigenvalue weighted by molar-refractivity contribution is -0.147. The van der Waals surface area contributed by atoms with Gasteiger partial charge in [0.15, 0.2) is 0 Å². The molecule has 1 aromatic heterocycles. The zero-order valence-corrected chi connectivity index (χ0v) is 17.3. The number of para-hydroxylation sites is 2. The number of fused-ring (bicyclic) bond motifs is 7. The summed E-state index contributed by atoms with van der Waals surface area (Å²) < 4.78 is 7.09. The van der Waals surface area contributed by atoms with Gasteiger partial charge in [0.25, 0.3) is 0 Å². The van der Waals surface area contributed by atoms with Crippen molar-refractivity contribution in [2.75, 3.05) is 7.11 Å². The molecule has 0 radical (unpaired) electrons. The van der Waals surface area contributed by atoms with Gasteiger partial charge < -0.3 is 9.30 Å². The van der Waals surface area contributed by atoms with E-state index in [-0.39, 0.29) is 11.9 Å². The van der Waals surface area contributed by atoms with Crippen LogP contribution in [0.3, 0.4) is 0 Å². The summed E-state index contributed by atoms with van der Waals surface area (Å²) >= 11 is 1.83. The third kappa shape index (κ3) is 2.08. The summed E-state index contributed by atoms with van der Waals surface area (Å²) in [6.07, 6.45) is 0.663. The topological polar surface area (TPSA) is 44.1 Å². The number of aromatic nitrogens is 2. The van der Waals surface area contributed by atoms with Crippen LogP contribution in [-0.2, 0) is 19.1 Å². The van der Waals surface area contributed by atoms with Crippen LogP contribution in [0.5, 0.6) is 0 Å². The summed E-state index contributed by atoms with van der Waals surface area (Å²) in [6.45, 7) is 0. The van der Waals surface area contributed by atoms with Crippen LogP contribution in [0.15, 0.2) is 84.9 Å². The Bertz CT molecular complexity index is 1270. The zero-order chi connectivity index (χ0) is 20.3. The lowest BCUT2D eigenvalue weighted by atomic mass is 9.77. The van der Waals surface area contributed by atoms with E-state index >= 15 is 0 Å². The van der Waals surface area contributed by atoms with Gasteiger partial charge in [-0.2, -0.15) is 0 Å². The molecule has 3 atom stereocenters. The minimum atomic E-state index is -0.594. The van der Waals surface area contributed by atoms with Crippen LogP contribution in [-0.4, -0.2) is 22.6 Å². The van der Waals surface area contributed by atoms with E-state index in [1.54, 1.807) is 0 Å². The molecule has 0 saturated carbocycles. The van der Waals surface area contributed by atoms with E-state index in [0.717, 1.165) is 22.4 Å². The standard InChI is InChI=1S/C25H20N2O2S/c1-29-22(28)19-16-24(17-10-4-2-5-11-17)27-21-15-9-8-14-20(21)26-23(27)25(19,30-24)18-12-6-3-7-13-18/h2-15,19H,16H2,1H3/t19-,24+,25-/m1/s1. The molecule has 0 spiro atoms. The van der Waals surface area contributed by atoms with Crippen molar-refractivity contribution in [1.29, 1.82) is 0 Å². The van der Waals surface area contributed by atoms with Crippen molar-refractivity contribution in [3.05, 3.63) is 102 Å². The first-order chi connectivity index (χ1) is 14.7. The molecule has 1 saturated heterocycles. The summed E-state index contributed by atoms with van der Waals surface area (Å²) in [5, 5.41) is 0. The van der Waals surface area contributed by atoms with E-state index in [4.69, 9.17) is 9.72 Å². The van der Waals surface area contributed by atoms with Crippen LogP contribution in [0.4, 0.5) is 0 Å². The van der Waals surface area contributed by atoms with E-state index < -0.39 is 9.62 Å². The summed E-state index contributed by atoms with van der Waals surface area (Å²) in [7, 11) is 1.48. The Balaban J connectivity index is 1.74. The van der Waals surface area contributed by atoms with Crippen LogP contribution >= 0.6 is 11.8 Å². The van der Waals surface area contributed by atoms with Crippen molar-refractivity contribution < 1.29 is 9.53 Å². The number of thioether (sulfide) groups is 1. The Kier molecular flexibility index (Phi) is 3.69. The lowest BCUT2D eigenvalue weighted by Crippen LogP contribution is -2.41. The smallest absolute Gasteiger partial charge is 0.311 e. The molecule has 0 N–H and O–H groups in total. The number of imidazole rings is 1. The Hall–Kier alpha value is -3.05. The van der Waals surface area contributed by atoms with Crippen molar-refractivity contribution in [1.82, 2.24) is 9.55 Å². The molecule has 5 heteroatoms. The van der Waals surface area contributed by atoms with E-state index in [1.807, 2.05) is 42.1 Å². The van der Waals surface area contributed by atoms with Crippen molar-refractivity contribution in [3.63, 3.8) is 0 Å². The Morgan fingerprint density at radius 1 is 0.967 bits per heavy atom. The first kappa shape index (κ1) is 17.8. The molecule has 0 aliphatic carbocycles. The number of ether oxygens (including phenoxy) is 1. The molecular formula is C25H20N2O2S. The fourth-order valence-corrected chi connectivity index (χ4v) is 7.37. The molecule has 4 nitrogen and oxygen atoms in total. The first-order valence-electron chi connectivity index (χ1n) is 10.1. The number of hydrogen-bond acceptors (Lipinski definition) is 4. The number of carbonyl (C=O) groups excluding carboxylic acids is 1. The van der Waals surface area contributed by atoms with Crippen LogP contribution in [0.1, 0.15) is 23.4 Å². The Morgan fingerprint density at radius 2 is 1.60 bits per heavy atom. The summed E-state index contributed by atoms with van der Waals surface area (Å²) in [6, 6.07) is 29.0. The van der Waals surface area contributed by atoms with E-state index in [2.05, 4.69) is 59.2 Å². The zero-order valence-electron chi connectivity index (χ0n) is 16.5. The van der Waals surface area contributed by atoms with Crippen molar-refractivity contribution in [3.8, 4) is 0 Å². The maximum absolute atomic E-state index is 13.1. The van der Waals surface area contributed by atoms with Crippen LogP contribution in [0.2, 0.25) is 0 Å². The molecule has 4 aromatic rings. The summed E-state index contributed by atoms with van der Waals surface area (Å²) in [5.41, 5.74) is 4.34. The number of methoxy groups -OCH3 is 1. The van der Waals surface area contributed by atoms with Gasteiger partial charge in [0.2, 0.25) is 0 Å². The Morgan fingerprint density at radius 3 is 2.30 bits per heavy atom. The number of nitrogens with zero attached hydrogens (tertiary/aromatic N) is 2. The highest BCUT2D eigenvalue weighted by molar-refractivity contribution is 8.02. The van der Waals surface area contributed by atoms with Crippen LogP contribution in [0, 0.1) is 5.92 Å². The largest absolute Gasteiger partial charge is 0.469 e. The molecular weight excluding hydrogens is 392 g/mol. The molecule has 3 heterocycles. The predicted octanol–water partition coefficient (Wildman–Crippen LogP) is 4.92. The van der Waals surface area contributed by atoms with E-state index in [9.17, 15) is 4.79 Å². The number of benzene rings is 3. The Labute approximate surface area is 178 Å². The fourth-order valence-electron chi connectivity index (χ4n) is 5.25. The quantitative estimate of drug-likeness (QED) is 0.448. The number of hydrogen-bond donors (Lipinski definition) is 0.